The molecule has 0 radical (unpaired) electrons. The first-order chi connectivity index (χ1) is 9.66. The van der Waals surface area contributed by atoms with Crippen molar-refractivity contribution < 1.29 is 4.79 Å². The van der Waals surface area contributed by atoms with Crippen LogP contribution in [0.25, 0.3) is 0 Å². The molecule has 0 aromatic heterocycles. The molecule has 4 nitrogen and oxygen atoms in total. The summed E-state index contributed by atoms with van der Waals surface area (Å²) in [7, 11) is 2.00. The second-order valence-corrected chi connectivity index (χ2v) is 5.69. The van der Waals surface area contributed by atoms with Crippen molar-refractivity contribution in [3.63, 3.8) is 0 Å². The summed E-state index contributed by atoms with van der Waals surface area (Å²) < 4.78 is 0. The predicted octanol–water partition coefficient (Wildman–Crippen LogP) is 1.50. The summed E-state index contributed by atoms with van der Waals surface area (Å²) in [5, 5.41) is 2.96. The first-order valence-corrected chi connectivity index (χ1v) is 7.43. The van der Waals surface area contributed by atoms with Gasteiger partial charge in [-0.15, -0.1) is 0 Å². The summed E-state index contributed by atoms with van der Waals surface area (Å²) >= 11 is 0. The van der Waals surface area contributed by atoms with Crippen LogP contribution in [0.3, 0.4) is 0 Å². The molecule has 1 saturated carbocycles. The molecule has 1 fully saturated rings. The van der Waals surface area contributed by atoms with Gasteiger partial charge in [-0.05, 0) is 25.5 Å². The maximum atomic E-state index is 12.0. The highest BCUT2D eigenvalue weighted by Gasteiger charge is 2.26. The van der Waals surface area contributed by atoms with Gasteiger partial charge in [-0.1, -0.05) is 43.2 Å². The second kappa shape index (κ2) is 7.41. The minimum atomic E-state index is 0.0640. The molecule has 1 aliphatic carbocycles. The fourth-order valence-corrected chi connectivity index (χ4v) is 2.88. The molecule has 4 heteroatoms. The molecular weight excluding hydrogens is 250 g/mol. The van der Waals surface area contributed by atoms with Crippen LogP contribution in [-0.4, -0.2) is 36.5 Å². The van der Waals surface area contributed by atoms with E-state index >= 15 is 0 Å². The number of rotatable bonds is 5. The lowest BCUT2D eigenvalue weighted by molar-refractivity contribution is -0.122. The van der Waals surface area contributed by atoms with Gasteiger partial charge in [0.05, 0.1) is 6.54 Å². The molecule has 0 aliphatic heterocycles. The Hall–Kier alpha value is -1.39. The third-order valence-corrected chi connectivity index (χ3v) is 4.07. The Kier molecular flexibility index (Phi) is 5.56. The summed E-state index contributed by atoms with van der Waals surface area (Å²) in [4.78, 5) is 14.1. The molecule has 1 amide bonds. The number of benzene rings is 1. The first kappa shape index (κ1) is 15.0. The van der Waals surface area contributed by atoms with E-state index in [2.05, 4.69) is 10.2 Å². The third kappa shape index (κ3) is 4.32. The zero-order chi connectivity index (χ0) is 14.4. The van der Waals surface area contributed by atoms with Gasteiger partial charge in [0.2, 0.25) is 5.91 Å². The molecule has 0 heterocycles. The number of nitrogens with zero attached hydrogens (tertiary/aromatic N) is 1. The van der Waals surface area contributed by atoms with Crippen molar-refractivity contribution in [2.24, 2.45) is 5.73 Å². The Labute approximate surface area is 121 Å². The van der Waals surface area contributed by atoms with Crippen molar-refractivity contribution in [1.29, 1.82) is 0 Å². The molecule has 20 heavy (non-hydrogen) atoms. The summed E-state index contributed by atoms with van der Waals surface area (Å²) in [6.07, 6.45) is 4.60. The maximum Gasteiger partial charge on any atom is 0.234 e. The SMILES string of the molecule is CN(CC(=O)NCc1ccccc1)C1CCCCC1N. The van der Waals surface area contributed by atoms with E-state index in [-0.39, 0.29) is 11.9 Å². The van der Waals surface area contributed by atoms with E-state index < -0.39 is 0 Å². The van der Waals surface area contributed by atoms with Gasteiger partial charge in [0, 0.05) is 18.6 Å². The first-order valence-electron chi connectivity index (χ1n) is 7.43. The number of likely N-dealkylation sites (N-methyl/N-ethyl adjacent to an activating group) is 1. The van der Waals surface area contributed by atoms with Gasteiger partial charge >= 0.3 is 0 Å². The van der Waals surface area contributed by atoms with E-state index in [0.29, 0.717) is 19.1 Å². The van der Waals surface area contributed by atoms with Crippen molar-refractivity contribution >= 4 is 5.91 Å². The van der Waals surface area contributed by atoms with Crippen LogP contribution in [0.4, 0.5) is 0 Å². The molecule has 1 aliphatic rings. The van der Waals surface area contributed by atoms with Crippen molar-refractivity contribution in [3.05, 3.63) is 35.9 Å². The van der Waals surface area contributed by atoms with Crippen LogP contribution >= 0.6 is 0 Å². The Bertz CT molecular complexity index is 421. The van der Waals surface area contributed by atoms with E-state index in [9.17, 15) is 4.79 Å². The topological polar surface area (TPSA) is 58.4 Å². The van der Waals surface area contributed by atoms with Crippen LogP contribution < -0.4 is 11.1 Å². The Morgan fingerprint density at radius 1 is 1.30 bits per heavy atom. The highest BCUT2D eigenvalue weighted by Crippen LogP contribution is 2.20. The van der Waals surface area contributed by atoms with Crippen molar-refractivity contribution in [1.82, 2.24) is 10.2 Å². The second-order valence-electron chi connectivity index (χ2n) is 5.69. The smallest absolute Gasteiger partial charge is 0.234 e. The van der Waals surface area contributed by atoms with E-state index in [0.717, 1.165) is 18.4 Å². The fourth-order valence-electron chi connectivity index (χ4n) is 2.88. The van der Waals surface area contributed by atoms with Gasteiger partial charge in [-0.3, -0.25) is 9.69 Å². The number of nitrogens with one attached hydrogen (secondary N) is 1. The number of hydrogen-bond acceptors (Lipinski definition) is 3. The van der Waals surface area contributed by atoms with E-state index in [1.165, 1.54) is 12.8 Å². The van der Waals surface area contributed by atoms with Crippen molar-refractivity contribution in [2.45, 2.75) is 44.3 Å². The molecule has 2 atom stereocenters. The lowest BCUT2D eigenvalue weighted by Crippen LogP contribution is -2.50. The number of hydrogen-bond donors (Lipinski definition) is 2. The quantitative estimate of drug-likeness (QED) is 0.856. The van der Waals surface area contributed by atoms with E-state index in [4.69, 9.17) is 5.73 Å². The van der Waals surface area contributed by atoms with Gasteiger partial charge in [0.25, 0.3) is 0 Å². The lowest BCUT2D eigenvalue weighted by Gasteiger charge is -2.35. The molecule has 3 N–H and O–H groups in total. The van der Waals surface area contributed by atoms with Crippen LogP contribution in [0.1, 0.15) is 31.2 Å². The Morgan fingerprint density at radius 2 is 2.00 bits per heavy atom. The lowest BCUT2D eigenvalue weighted by atomic mass is 9.90. The molecule has 110 valence electrons. The third-order valence-electron chi connectivity index (χ3n) is 4.07. The van der Waals surface area contributed by atoms with E-state index in [1.807, 2.05) is 37.4 Å². The van der Waals surface area contributed by atoms with Crippen LogP contribution in [0.2, 0.25) is 0 Å². The molecular formula is C16H25N3O. The van der Waals surface area contributed by atoms with Crippen LogP contribution in [-0.2, 0) is 11.3 Å². The minimum absolute atomic E-state index is 0.0640. The highest BCUT2D eigenvalue weighted by atomic mass is 16.2. The van der Waals surface area contributed by atoms with Crippen molar-refractivity contribution in [3.8, 4) is 0 Å². The summed E-state index contributed by atoms with van der Waals surface area (Å²) in [5.41, 5.74) is 7.27. The number of nitrogens with two attached hydrogens (primary N) is 1. The number of carbonyl (C=O) groups excluding carboxylic acids is 1. The Balaban J connectivity index is 1.76. The number of amides is 1. The number of carbonyl (C=O) groups is 1. The molecule has 2 unspecified atom stereocenters. The monoisotopic (exact) mass is 275 g/mol. The molecule has 0 bridgehead atoms. The van der Waals surface area contributed by atoms with Crippen molar-refractivity contribution in [2.75, 3.05) is 13.6 Å². The van der Waals surface area contributed by atoms with Gasteiger partial charge < -0.3 is 11.1 Å². The van der Waals surface area contributed by atoms with Gasteiger partial charge in [-0.25, -0.2) is 0 Å². The zero-order valence-corrected chi connectivity index (χ0v) is 12.2. The maximum absolute atomic E-state index is 12.0. The largest absolute Gasteiger partial charge is 0.351 e. The normalized spacial score (nSPS) is 22.8. The molecule has 0 spiro atoms. The average molecular weight is 275 g/mol. The molecule has 1 aromatic rings. The van der Waals surface area contributed by atoms with Gasteiger partial charge in [-0.2, -0.15) is 0 Å². The predicted molar refractivity (Wildman–Crippen MR) is 81.2 cm³/mol. The van der Waals surface area contributed by atoms with Gasteiger partial charge in [0.1, 0.15) is 0 Å². The minimum Gasteiger partial charge on any atom is -0.351 e. The molecule has 1 aromatic carbocycles. The summed E-state index contributed by atoms with van der Waals surface area (Å²) in [6, 6.07) is 10.5. The average Bonchev–Trinajstić information content (AvgIpc) is 2.46. The fraction of sp³-hybridized carbons (Fsp3) is 0.562. The van der Waals surface area contributed by atoms with Crippen LogP contribution in [0, 0.1) is 0 Å². The molecule has 2 rings (SSSR count). The van der Waals surface area contributed by atoms with Crippen LogP contribution in [0.5, 0.6) is 0 Å². The molecule has 0 saturated heterocycles. The standard InChI is InChI=1S/C16H25N3O/c1-19(15-10-6-5-9-14(15)17)12-16(20)18-11-13-7-3-2-4-8-13/h2-4,7-8,14-15H,5-6,9-12,17H2,1H3,(H,18,20). The Morgan fingerprint density at radius 3 is 2.70 bits per heavy atom. The zero-order valence-electron chi connectivity index (χ0n) is 12.2. The van der Waals surface area contributed by atoms with Crippen LogP contribution in [0.15, 0.2) is 30.3 Å². The summed E-state index contributed by atoms with van der Waals surface area (Å²) in [6.45, 7) is 1.01. The van der Waals surface area contributed by atoms with E-state index in [1.54, 1.807) is 0 Å². The highest BCUT2D eigenvalue weighted by molar-refractivity contribution is 5.78. The van der Waals surface area contributed by atoms with Gasteiger partial charge in [0.15, 0.2) is 0 Å². The summed E-state index contributed by atoms with van der Waals surface area (Å²) in [5.74, 6) is 0.0640.